The second kappa shape index (κ2) is 81.8. The average Bonchev–Trinajstić information content (AvgIpc) is 0.829. The Morgan fingerprint density at radius 3 is 0.729 bits per heavy atom. The maximum atomic E-state index is 13.4. The Balaban J connectivity index is 0.00000154. The van der Waals surface area contributed by atoms with Crippen molar-refractivity contribution >= 4 is 50.9 Å². The molecule has 0 bridgehead atoms. The fourth-order valence-corrected chi connectivity index (χ4v) is 17.0. The number of hydrogen-bond acceptors (Lipinski definition) is 22. The molecule has 24 nitrogen and oxygen atoms in total. The molecule has 0 aliphatic heterocycles. The van der Waals surface area contributed by atoms with E-state index in [0.29, 0.717) is 25.7 Å². The summed E-state index contributed by atoms with van der Waals surface area (Å²) in [4.78, 5) is 131. The Kier molecular flexibility index (Phi) is 73.7. The van der Waals surface area contributed by atoms with Gasteiger partial charge in [0.25, 0.3) is 11.8 Å². The first-order chi connectivity index (χ1) is 64.4. The molecule has 744 valence electrons. The van der Waals surface area contributed by atoms with E-state index in [2.05, 4.69) is 68.2 Å². The Morgan fingerprint density at radius 1 is 0.286 bits per heavy atom. The fraction of sp³-hybridized carbons (Fsp3) is 0.660. The number of esters is 4. The van der Waals surface area contributed by atoms with Crippen molar-refractivity contribution in [2.75, 3.05) is 51.8 Å². The molecule has 0 radical (unpaired) electrons. The summed E-state index contributed by atoms with van der Waals surface area (Å²) in [7, 11) is -9.28. The van der Waals surface area contributed by atoms with Gasteiger partial charge in [0.15, 0.2) is 12.2 Å². The fourth-order valence-electron chi connectivity index (χ4n) is 15.2. The minimum absolute atomic E-state index is 0. The predicted molar refractivity (Wildman–Crippen MR) is 527 cm³/mol. The number of carbonyl (C=O) groups excluding carboxylic acids is 6. The second-order valence-corrected chi connectivity index (χ2v) is 38.9. The Hall–Kier alpha value is -7.36. The summed E-state index contributed by atoms with van der Waals surface area (Å²) in [6, 6.07) is 28.9. The van der Waals surface area contributed by atoms with Gasteiger partial charge in [-0.25, -0.2) is 0 Å². The number of unbranched alkanes of at least 4 members (excludes halogenated alkanes) is 48. The molecule has 0 aromatic carbocycles. The van der Waals surface area contributed by atoms with Gasteiger partial charge in [0.05, 0.1) is 47.4 Å². The van der Waals surface area contributed by atoms with Crippen molar-refractivity contribution in [3.05, 3.63) is 145 Å². The smallest absolute Gasteiger partial charge is 0.778 e. The van der Waals surface area contributed by atoms with E-state index >= 15 is 0 Å². The third-order valence-electron chi connectivity index (χ3n) is 23.1. The Morgan fingerprint density at radius 2 is 0.504 bits per heavy atom. The molecule has 0 saturated carbocycles. The van der Waals surface area contributed by atoms with Crippen LogP contribution in [0.1, 0.15) is 408 Å². The van der Waals surface area contributed by atoms with Crippen LogP contribution < -0.4 is 20.4 Å². The van der Waals surface area contributed by atoms with Crippen LogP contribution in [-0.4, -0.2) is 130 Å². The number of amides is 2. The predicted octanol–water partition coefficient (Wildman–Crippen LogP) is 25.9. The molecule has 133 heavy (non-hydrogen) atoms. The molecule has 6 aromatic rings. The first-order valence-corrected chi connectivity index (χ1v) is 54.6. The van der Waals surface area contributed by atoms with Crippen LogP contribution in [0.5, 0.6) is 0 Å². The van der Waals surface area contributed by atoms with Crippen LogP contribution in [-0.2, 0) is 75.8 Å². The van der Waals surface area contributed by atoms with E-state index in [4.69, 9.17) is 28.0 Å². The molecular weight excluding hydrogens is 1800 g/mol. The normalized spacial score (nSPS) is 12.4. The van der Waals surface area contributed by atoms with Gasteiger partial charge in [0.1, 0.15) is 28.4 Å². The third kappa shape index (κ3) is 65.9. The summed E-state index contributed by atoms with van der Waals surface area (Å²) < 4.78 is 59.5. The maximum absolute atomic E-state index is 13.4. The summed E-state index contributed by atoms with van der Waals surface area (Å²) in [5, 5.41) is 5.17. The molecule has 2 amide bonds. The number of carbonyl (C=O) groups is 6. The number of ether oxygens (including phenoxy) is 4. The zero-order valence-electron chi connectivity index (χ0n) is 81.6. The Bertz CT molecular complexity index is 3650. The van der Waals surface area contributed by atoms with E-state index in [1.54, 1.807) is 24.8 Å². The number of hydrogen-bond donors (Lipinski definition) is 2. The SMILES string of the molecule is CCCCCCCCCCCCCCCC(=O)OCC(COP(=O)([O-])CCNC(=O)c1ccnc(-c2cc(C(=O)NCCP(=O)([O-])OCC(COC(=O)CCCCCCCCCCCCCCC)OC(=O)CCCCCCCCCCCCCCC)ccn2)c1)OC(=O)CCCCCCCCCCCCCCC.[Ru+2].c1ccc(-c2ccccn2)nc1.c1ccc(-c2ccccn2)nc1. The molecule has 0 aliphatic carbocycles. The monoisotopic (exact) mass is 1970 g/mol. The molecule has 27 heteroatoms. The first kappa shape index (κ1) is 120. The second-order valence-electron chi connectivity index (χ2n) is 35.1. The maximum Gasteiger partial charge on any atom is 2.00 e. The Labute approximate surface area is 812 Å². The van der Waals surface area contributed by atoms with Crippen molar-refractivity contribution in [3.8, 4) is 34.2 Å². The van der Waals surface area contributed by atoms with Crippen molar-refractivity contribution in [3.63, 3.8) is 0 Å². The molecule has 0 aliphatic rings. The molecule has 4 atom stereocenters. The standard InChI is InChI=1S/C86H152N4O16P2.2C10H8N2.Ru/c1-5-9-13-17-21-25-29-33-37-41-45-49-53-57-81(91)101-71-77(105-83(93)59-55-51-47-43-39-35-31-27-23-19-15-11-7-3)73-103-107(97,98)67-65-89-85(95)75-61-63-87-79(69-75)80-70-76(62-64-88-80)86(96)90-66-68-108(99,100)104-74-78(106-84(94)60-56-52-48-44-40-36-32-28-24-20-16-12-8-4)72-102-82(92)58-54-50-46-42-38-34-30-26-22-18-14-10-6-2;2*1-3-7-11-9(5-1)10-6-2-4-8-12-10;/h61-64,69-70,77-78H,5-60,65-68,71-74H2,1-4H3,(H,89,95)(H,90,96)(H,97,98)(H,99,100);2*1-8H;/q;;;+2/p-2. The molecule has 0 spiro atoms. The van der Waals surface area contributed by atoms with Gasteiger partial charge in [0.2, 0.25) is 0 Å². The first-order valence-electron chi connectivity index (χ1n) is 51.2. The van der Waals surface area contributed by atoms with E-state index in [0.717, 1.165) is 99.8 Å². The third-order valence-corrected chi connectivity index (χ3v) is 25.8. The average molecular weight is 1970 g/mol. The molecule has 0 saturated heterocycles. The molecule has 6 heterocycles. The van der Waals surface area contributed by atoms with Gasteiger partial charge >= 0.3 is 43.4 Å². The number of rotatable bonds is 79. The van der Waals surface area contributed by atoms with Gasteiger partial charge in [-0.1, -0.05) is 360 Å². The minimum Gasteiger partial charge on any atom is -0.778 e. The van der Waals surface area contributed by atoms with Crippen LogP contribution in [0, 0.1) is 0 Å². The van der Waals surface area contributed by atoms with Crippen LogP contribution in [0.25, 0.3) is 34.2 Å². The van der Waals surface area contributed by atoms with Gasteiger partial charge in [-0.05, 0) is 98.5 Å². The van der Waals surface area contributed by atoms with Crippen molar-refractivity contribution in [1.29, 1.82) is 0 Å². The van der Waals surface area contributed by atoms with Gasteiger partial charge < -0.3 is 57.5 Å². The van der Waals surface area contributed by atoms with Crippen LogP contribution in [0.4, 0.5) is 0 Å². The van der Waals surface area contributed by atoms with Gasteiger partial charge in [-0.2, -0.15) is 0 Å². The number of nitrogens with zero attached hydrogens (tertiary/aromatic N) is 6. The summed E-state index contributed by atoms with van der Waals surface area (Å²) in [6.45, 7) is 6.37. The van der Waals surface area contributed by atoms with Gasteiger partial charge in [0, 0.05) is 99.4 Å². The number of aromatic nitrogens is 6. The van der Waals surface area contributed by atoms with Crippen molar-refractivity contribution < 1.29 is 95.2 Å². The van der Waals surface area contributed by atoms with E-state index in [1.165, 1.54) is 268 Å². The largest absolute Gasteiger partial charge is 2.00 e. The quantitative estimate of drug-likeness (QED) is 0.0118. The molecule has 4 unspecified atom stereocenters. The van der Waals surface area contributed by atoms with E-state index in [9.17, 15) is 47.7 Å². The summed E-state index contributed by atoms with van der Waals surface area (Å²) in [6.07, 6.45) is 67.3. The summed E-state index contributed by atoms with van der Waals surface area (Å²) >= 11 is 0. The summed E-state index contributed by atoms with van der Waals surface area (Å²) in [5.41, 5.74) is 4.29. The van der Waals surface area contributed by atoms with E-state index in [-0.39, 0.29) is 94.0 Å². The molecule has 6 rings (SSSR count). The van der Waals surface area contributed by atoms with Crippen LogP contribution in [0.15, 0.2) is 134 Å². The number of pyridine rings is 6. The van der Waals surface area contributed by atoms with Crippen LogP contribution in [0.3, 0.4) is 0 Å². The van der Waals surface area contributed by atoms with Crippen molar-refractivity contribution in [2.45, 2.75) is 399 Å². The van der Waals surface area contributed by atoms with E-state index < -0.39 is 88.6 Å². The van der Waals surface area contributed by atoms with Gasteiger partial charge in [-0.3, -0.25) is 58.7 Å². The minimum atomic E-state index is -4.64. The topological polar surface area (TPSA) is 339 Å². The zero-order valence-corrected chi connectivity index (χ0v) is 85.1. The molecule has 2 N–H and O–H groups in total. The molecule has 0 fully saturated rings. The van der Waals surface area contributed by atoms with Crippen LogP contribution >= 0.6 is 15.2 Å². The summed E-state index contributed by atoms with van der Waals surface area (Å²) in [5.74, 6) is -3.26. The van der Waals surface area contributed by atoms with Gasteiger partial charge in [-0.15, -0.1) is 0 Å². The molecular formula is C106H166N8O16P2Ru. The van der Waals surface area contributed by atoms with Crippen LogP contribution in [0.2, 0.25) is 0 Å². The number of nitrogens with one attached hydrogen (secondary N) is 2. The van der Waals surface area contributed by atoms with Crippen molar-refractivity contribution in [1.82, 2.24) is 40.5 Å². The molecule has 6 aromatic heterocycles. The zero-order chi connectivity index (χ0) is 94.9. The van der Waals surface area contributed by atoms with Crippen molar-refractivity contribution in [2.24, 2.45) is 0 Å². The van der Waals surface area contributed by atoms with E-state index in [1.807, 2.05) is 72.8 Å².